The van der Waals surface area contributed by atoms with E-state index in [0.29, 0.717) is 0 Å². The molecule has 21 heavy (non-hydrogen) atoms. The first-order valence-electron chi connectivity index (χ1n) is 7.58. The van der Waals surface area contributed by atoms with Gasteiger partial charge in [0, 0.05) is 23.2 Å². The van der Waals surface area contributed by atoms with E-state index in [-0.39, 0.29) is 11.5 Å². The molecule has 0 radical (unpaired) electrons. The van der Waals surface area contributed by atoms with Crippen molar-refractivity contribution in [2.75, 3.05) is 11.4 Å². The van der Waals surface area contributed by atoms with E-state index < -0.39 is 0 Å². The molecule has 0 amide bonds. The maximum atomic E-state index is 6.37. The van der Waals surface area contributed by atoms with Gasteiger partial charge in [-0.15, -0.1) is 0 Å². The van der Waals surface area contributed by atoms with Gasteiger partial charge in [0.2, 0.25) is 0 Å². The Morgan fingerprint density at radius 2 is 2.05 bits per heavy atom. The van der Waals surface area contributed by atoms with Gasteiger partial charge in [-0.1, -0.05) is 43.4 Å². The normalized spacial score (nSPS) is 20.1. The predicted octanol–water partition coefficient (Wildman–Crippen LogP) is 4.27. The van der Waals surface area contributed by atoms with Gasteiger partial charge in [-0.05, 0) is 37.3 Å². The molecule has 0 saturated heterocycles. The van der Waals surface area contributed by atoms with Crippen molar-refractivity contribution in [2.45, 2.75) is 39.7 Å². The summed E-state index contributed by atoms with van der Waals surface area (Å²) >= 11 is 1.76. The van der Waals surface area contributed by atoms with Crippen LogP contribution in [0.25, 0.3) is 0 Å². The van der Waals surface area contributed by atoms with Crippen LogP contribution in [-0.2, 0) is 6.42 Å². The zero-order valence-electron chi connectivity index (χ0n) is 13.0. The van der Waals surface area contributed by atoms with Gasteiger partial charge in [0.25, 0.3) is 0 Å². The molecule has 3 rings (SSSR count). The smallest absolute Gasteiger partial charge is 0.190 e. The largest absolute Gasteiger partial charge is 0.323 e. The van der Waals surface area contributed by atoms with Gasteiger partial charge in [0.15, 0.2) is 5.13 Å². The molecule has 1 aromatic carbocycles. The maximum Gasteiger partial charge on any atom is 0.190 e. The molecule has 0 aliphatic heterocycles. The summed E-state index contributed by atoms with van der Waals surface area (Å²) in [4.78, 5) is 8.45. The van der Waals surface area contributed by atoms with Crippen LogP contribution in [0.1, 0.15) is 43.8 Å². The number of hydrogen-bond donors (Lipinski definition) is 1. The molecule has 1 atom stereocenters. The minimum Gasteiger partial charge on any atom is -0.323 e. The van der Waals surface area contributed by atoms with Crippen LogP contribution in [0.3, 0.4) is 0 Å². The fourth-order valence-corrected chi connectivity index (χ4v) is 4.30. The molecule has 3 nitrogen and oxygen atoms in total. The predicted molar refractivity (Wildman–Crippen MR) is 90.3 cm³/mol. The van der Waals surface area contributed by atoms with Crippen molar-refractivity contribution in [3.05, 3.63) is 40.9 Å². The van der Waals surface area contributed by atoms with E-state index in [2.05, 4.69) is 49.9 Å². The van der Waals surface area contributed by atoms with Crippen LogP contribution in [0.5, 0.6) is 0 Å². The summed E-state index contributed by atoms with van der Waals surface area (Å²) in [5.74, 6) is 0. The van der Waals surface area contributed by atoms with Gasteiger partial charge in [0.05, 0.1) is 5.69 Å². The van der Waals surface area contributed by atoms with Crippen LogP contribution in [-0.4, -0.2) is 11.5 Å². The maximum absolute atomic E-state index is 6.37. The first-order chi connectivity index (χ1) is 10.00. The third kappa shape index (κ3) is 2.83. The first kappa shape index (κ1) is 14.5. The average Bonchev–Trinajstić information content (AvgIpc) is 2.83. The molecule has 1 aromatic heterocycles. The second-order valence-electron chi connectivity index (χ2n) is 6.54. The van der Waals surface area contributed by atoms with Crippen molar-refractivity contribution >= 4 is 22.2 Å². The number of hydrogen-bond acceptors (Lipinski definition) is 4. The second kappa shape index (κ2) is 5.43. The Hall–Kier alpha value is -1.39. The molecule has 1 aliphatic carbocycles. The standard InChI is InChI=1S/C17H23N3S/c1-4-20(12-8-6-5-7-9-12)16-19-14-11-17(2,3)10-13(18)15(14)21-16/h5-9,13H,4,10-11,18H2,1-3H3. The summed E-state index contributed by atoms with van der Waals surface area (Å²) in [7, 11) is 0. The minimum absolute atomic E-state index is 0.129. The number of anilines is 2. The van der Waals surface area contributed by atoms with E-state index in [4.69, 9.17) is 10.7 Å². The molecule has 0 spiro atoms. The Kier molecular flexibility index (Phi) is 3.76. The van der Waals surface area contributed by atoms with E-state index in [9.17, 15) is 0 Å². The van der Waals surface area contributed by atoms with E-state index in [1.54, 1.807) is 11.3 Å². The van der Waals surface area contributed by atoms with Gasteiger partial charge >= 0.3 is 0 Å². The molecule has 1 heterocycles. The number of nitrogens with two attached hydrogens (primary N) is 1. The summed E-state index contributed by atoms with van der Waals surface area (Å²) in [5, 5.41) is 1.07. The Labute approximate surface area is 130 Å². The minimum atomic E-state index is 0.129. The van der Waals surface area contributed by atoms with Crippen LogP contribution in [0.15, 0.2) is 30.3 Å². The van der Waals surface area contributed by atoms with Crippen molar-refractivity contribution in [1.29, 1.82) is 0 Å². The van der Waals surface area contributed by atoms with Crippen LogP contribution >= 0.6 is 11.3 Å². The number of para-hydroxylation sites is 1. The summed E-state index contributed by atoms with van der Waals surface area (Å²) in [5.41, 5.74) is 9.01. The third-order valence-electron chi connectivity index (χ3n) is 4.09. The Morgan fingerprint density at radius 1 is 1.33 bits per heavy atom. The first-order valence-corrected chi connectivity index (χ1v) is 8.39. The van der Waals surface area contributed by atoms with Crippen molar-refractivity contribution in [1.82, 2.24) is 4.98 Å². The molecule has 112 valence electrons. The van der Waals surface area contributed by atoms with Gasteiger partial charge in [0.1, 0.15) is 0 Å². The quantitative estimate of drug-likeness (QED) is 0.920. The Morgan fingerprint density at radius 3 is 2.71 bits per heavy atom. The van der Waals surface area contributed by atoms with Crippen LogP contribution in [0, 0.1) is 5.41 Å². The molecule has 1 aliphatic rings. The van der Waals surface area contributed by atoms with Crippen molar-refractivity contribution < 1.29 is 0 Å². The van der Waals surface area contributed by atoms with Crippen LogP contribution < -0.4 is 10.6 Å². The molecule has 0 bridgehead atoms. The number of rotatable bonds is 3. The van der Waals surface area contributed by atoms with Gasteiger partial charge in [-0.25, -0.2) is 4.98 Å². The van der Waals surface area contributed by atoms with E-state index in [0.717, 1.165) is 24.5 Å². The molecule has 2 aromatic rings. The summed E-state index contributed by atoms with van der Waals surface area (Å²) < 4.78 is 0. The van der Waals surface area contributed by atoms with E-state index in [1.807, 2.05) is 6.07 Å². The van der Waals surface area contributed by atoms with E-state index >= 15 is 0 Å². The highest BCUT2D eigenvalue weighted by Gasteiger charge is 2.33. The lowest BCUT2D eigenvalue weighted by atomic mass is 9.77. The van der Waals surface area contributed by atoms with Crippen molar-refractivity contribution in [2.24, 2.45) is 11.1 Å². The highest BCUT2D eigenvalue weighted by Crippen LogP contribution is 2.44. The van der Waals surface area contributed by atoms with E-state index in [1.165, 1.54) is 16.3 Å². The van der Waals surface area contributed by atoms with Gasteiger partial charge < -0.3 is 10.6 Å². The molecule has 0 fully saturated rings. The zero-order valence-corrected chi connectivity index (χ0v) is 13.8. The monoisotopic (exact) mass is 301 g/mol. The number of fused-ring (bicyclic) bond motifs is 1. The molecular weight excluding hydrogens is 278 g/mol. The highest BCUT2D eigenvalue weighted by molar-refractivity contribution is 7.15. The highest BCUT2D eigenvalue weighted by atomic mass is 32.1. The lowest BCUT2D eigenvalue weighted by Crippen LogP contribution is -2.28. The molecule has 2 N–H and O–H groups in total. The third-order valence-corrected chi connectivity index (χ3v) is 5.34. The fourth-order valence-electron chi connectivity index (χ4n) is 3.13. The SMILES string of the molecule is CCN(c1ccccc1)c1nc2c(s1)C(N)CC(C)(C)C2. The van der Waals surface area contributed by atoms with Crippen LogP contribution in [0.2, 0.25) is 0 Å². The Balaban J connectivity index is 1.97. The fraction of sp³-hybridized carbons (Fsp3) is 0.471. The van der Waals surface area contributed by atoms with Crippen molar-refractivity contribution in [3.8, 4) is 0 Å². The lowest BCUT2D eigenvalue weighted by Gasteiger charge is -2.32. The molecular formula is C17H23N3S. The van der Waals surface area contributed by atoms with Crippen molar-refractivity contribution in [3.63, 3.8) is 0 Å². The average molecular weight is 301 g/mol. The second-order valence-corrected chi connectivity index (χ2v) is 7.55. The number of nitrogens with zero attached hydrogens (tertiary/aromatic N) is 2. The lowest BCUT2D eigenvalue weighted by molar-refractivity contribution is 0.282. The summed E-state index contributed by atoms with van der Waals surface area (Å²) in [6, 6.07) is 10.6. The summed E-state index contributed by atoms with van der Waals surface area (Å²) in [6.07, 6.45) is 2.07. The topological polar surface area (TPSA) is 42.2 Å². The number of aromatic nitrogens is 1. The van der Waals surface area contributed by atoms with Gasteiger partial charge in [-0.2, -0.15) is 0 Å². The summed E-state index contributed by atoms with van der Waals surface area (Å²) in [6.45, 7) is 7.64. The number of benzene rings is 1. The zero-order chi connectivity index (χ0) is 15.0. The van der Waals surface area contributed by atoms with Crippen LogP contribution in [0.4, 0.5) is 10.8 Å². The molecule has 0 saturated carbocycles. The number of thiazole rings is 1. The van der Waals surface area contributed by atoms with Gasteiger partial charge in [-0.3, -0.25) is 0 Å². The Bertz CT molecular complexity index is 618. The molecule has 1 unspecified atom stereocenters. The molecule has 4 heteroatoms.